The number of alkyl halides is 3. The lowest BCUT2D eigenvalue weighted by Crippen LogP contribution is -2.58. The van der Waals surface area contributed by atoms with E-state index in [1.807, 2.05) is 12.1 Å². The Morgan fingerprint density at radius 1 is 1.12 bits per heavy atom. The van der Waals surface area contributed by atoms with Gasteiger partial charge in [0, 0.05) is 38.1 Å². The van der Waals surface area contributed by atoms with E-state index >= 15 is 0 Å². The highest BCUT2D eigenvalue weighted by molar-refractivity contribution is 5.77. The monoisotopic (exact) mass is 334 g/mol. The molecule has 126 valence electrons. The van der Waals surface area contributed by atoms with E-state index in [-0.39, 0.29) is 6.04 Å². The molecule has 2 aliphatic rings. The minimum Gasteiger partial charge on any atom is -0.348 e. The average Bonchev–Trinajstić information content (AvgIpc) is 2.60. The number of hydrogen-bond acceptors (Lipinski definition) is 4. The topological polar surface area (TPSA) is 31.4 Å². The van der Waals surface area contributed by atoms with Crippen LogP contribution in [0.3, 0.4) is 0 Å². The number of pyridine rings is 1. The summed E-state index contributed by atoms with van der Waals surface area (Å²) >= 11 is 0. The minimum atomic E-state index is -4.32. The van der Waals surface area contributed by atoms with Gasteiger partial charge in [-0.3, -0.25) is 0 Å². The van der Waals surface area contributed by atoms with E-state index in [4.69, 9.17) is 0 Å². The molecule has 2 aromatic rings. The van der Waals surface area contributed by atoms with Crippen molar-refractivity contribution >= 4 is 17.2 Å². The van der Waals surface area contributed by atoms with Crippen molar-refractivity contribution in [2.45, 2.75) is 12.2 Å². The van der Waals surface area contributed by atoms with Gasteiger partial charge in [0.25, 0.3) is 0 Å². The maximum Gasteiger partial charge on any atom is 0.416 e. The Bertz CT molecular complexity index is 729. The number of rotatable bonds is 1. The van der Waals surface area contributed by atoms with Gasteiger partial charge in [-0.25, -0.2) is 4.98 Å². The van der Waals surface area contributed by atoms with Gasteiger partial charge >= 0.3 is 6.18 Å². The molecule has 1 N–H and O–H groups in total. The zero-order valence-corrected chi connectivity index (χ0v) is 12.9. The molecule has 0 saturated carbocycles. The first-order valence-electron chi connectivity index (χ1n) is 7.91. The number of nitrogens with zero attached hydrogens (tertiary/aromatic N) is 3. The van der Waals surface area contributed by atoms with E-state index in [0.717, 1.165) is 55.5 Å². The van der Waals surface area contributed by atoms with Crippen molar-refractivity contribution in [1.82, 2.24) is 10.3 Å². The fourth-order valence-electron chi connectivity index (χ4n) is 3.41. The summed E-state index contributed by atoms with van der Waals surface area (Å²) in [4.78, 5) is 8.85. The fraction of sp³-hybridized carbons (Fsp3) is 0.353. The van der Waals surface area contributed by atoms with Gasteiger partial charge in [0.15, 0.2) is 5.82 Å². The molecule has 1 aromatic carbocycles. The van der Waals surface area contributed by atoms with Crippen LogP contribution >= 0.6 is 0 Å². The Morgan fingerprint density at radius 3 is 2.67 bits per heavy atom. The second-order valence-electron chi connectivity index (χ2n) is 6.05. The van der Waals surface area contributed by atoms with Crippen molar-refractivity contribution < 1.29 is 13.2 Å². The number of hydrogen-bond donors (Lipinski definition) is 1. The van der Waals surface area contributed by atoms with Gasteiger partial charge in [-0.2, -0.15) is 13.2 Å². The molecule has 7 heteroatoms. The zero-order valence-electron chi connectivity index (χ0n) is 12.9. The SMILES string of the molecule is FC(F)(F)c1ccc(N2CC3CNCCN3c3ncccc32)cc1. The molecule has 1 atom stereocenters. The van der Waals surface area contributed by atoms with Crippen LogP contribution in [0.2, 0.25) is 0 Å². The lowest BCUT2D eigenvalue weighted by molar-refractivity contribution is -0.137. The molecule has 4 nitrogen and oxygen atoms in total. The maximum absolute atomic E-state index is 12.8. The van der Waals surface area contributed by atoms with Gasteiger partial charge in [-0.1, -0.05) is 0 Å². The molecular weight excluding hydrogens is 317 g/mol. The molecule has 2 aliphatic heterocycles. The van der Waals surface area contributed by atoms with Gasteiger partial charge in [-0.05, 0) is 36.4 Å². The first-order chi connectivity index (χ1) is 11.5. The molecule has 1 saturated heterocycles. The van der Waals surface area contributed by atoms with Crippen LogP contribution in [-0.4, -0.2) is 37.2 Å². The Morgan fingerprint density at radius 2 is 1.92 bits per heavy atom. The molecule has 0 bridgehead atoms. The lowest BCUT2D eigenvalue weighted by atomic mass is 10.1. The van der Waals surface area contributed by atoms with Crippen LogP contribution in [0.25, 0.3) is 0 Å². The molecule has 0 radical (unpaired) electrons. The largest absolute Gasteiger partial charge is 0.416 e. The maximum atomic E-state index is 12.8. The smallest absolute Gasteiger partial charge is 0.348 e. The third-order valence-electron chi connectivity index (χ3n) is 4.58. The van der Waals surface area contributed by atoms with Gasteiger partial charge in [0.1, 0.15) is 0 Å². The number of nitrogens with one attached hydrogen (secondary N) is 1. The molecule has 24 heavy (non-hydrogen) atoms. The quantitative estimate of drug-likeness (QED) is 0.869. The van der Waals surface area contributed by atoms with Crippen LogP contribution in [0.5, 0.6) is 0 Å². The summed E-state index contributed by atoms with van der Waals surface area (Å²) in [6.45, 7) is 3.35. The van der Waals surface area contributed by atoms with Crippen molar-refractivity contribution in [1.29, 1.82) is 0 Å². The van der Waals surface area contributed by atoms with Crippen molar-refractivity contribution in [3.05, 3.63) is 48.2 Å². The van der Waals surface area contributed by atoms with E-state index < -0.39 is 11.7 Å². The van der Waals surface area contributed by atoms with E-state index in [2.05, 4.69) is 20.1 Å². The standard InChI is InChI=1S/C17H17F3N4/c18-17(19,20)12-3-5-13(6-4-12)24-11-14-10-21-8-9-23(14)16-15(24)2-1-7-22-16/h1-7,14,21H,8-11H2. The highest BCUT2D eigenvalue weighted by Gasteiger charge is 2.34. The summed E-state index contributed by atoms with van der Waals surface area (Å²) in [7, 11) is 0. The number of aromatic nitrogens is 1. The van der Waals surface area contributed by atoms with Crippen molar-refractivity contribution in [3.63, 3.8) is 0 Å². The molecule has 4 rings (SSSR count). The van der Waals surface area contributed by atoms with Crippen molar-refractivity contribution in [2.75, 3.05) is 36.0 Å². The molecule has 0 aliphatic carbocycles. The van der Waals surface area contributed by atoms with Crippen LogP contribution in [-0.2, 0) is 6.18 Å². The third kappa shape index (κ3) is 2.58. The number of anilines is 3. The van der Waals surface area contributed by atoms with Crippen LogP contribution < -0.4 is 15.1 Å². The predicted octanol–water partition coefficient (Wildman–Crippen LogP) is 3.03. The van der Waals surface area contributed by atoms with Crippen molar-refractivity contribution in [2.24, 2.45) is 0 Å². The first-order valence-corrected chi connectivity index (χ1v) is 7.91. The van der Waals surface area contributed by atoms with Gasteiger partial charge in [0.05, 0.1) is 17.3 Å². The second-order valence-corrected chi connectivity index (χ2v) is 6.05. The lowest BCUT2D eigenvalue weighted by Gasteiger charge is -2.46. The third-order valence-corrected chi connectivity index (χ3v) is 4.58. The first kappa shape index (κ1) is 15.3. The van der Waals surface area contributed by atoms with Crippen molar-refractivity contribution in [3.8, 4) is 0 Å². The van der Waals surface area contributed by atoms with Crippen LogP contribution in [0.4, 0.5) is 30.4 Å². The van der Waals surface area contributed by atoms with E-state index in [9.17, 15) is 13.2 Å². The fourth-order valence-corrected chi connectivity index (χ4v) is 3.41. The second kappa shape index (κ2) is 5.66. The predicted molar refractivity (Wildman–Crippen MR) is 86.7 cm³/mol. The Labute approximate surface area is 137 Å². The Kier molecular flexibility index (Phi) is 3.60. The van der Waals surface area contributed by atoms with Crippen LogP contribution in [0.15, 0.2) is 42.6 Å². The van der Waals surface area contributed by atoms with Gasteiger partial charge in [-0.15, -0.1) is 0 Å². The average molecular weight is 334 g/mol. The zero-order chi connectivity index (χ0) is 16.7. The van der Waals surface area contributed by atoms with Gasteiger partial charge in [0.2, 0.25) is 0 Å². The van der Waals surface area contributed by atoms with Crippen LogP contribution in [0.1, 0.15) is 5.56 Å². The number of fused-ring (bicyclic) bond motifs is 3. The summed E-state index contributed by atoms with van der Waals surface area (Å²) in [5.74, 6) is 0.898. The molecule has 0 amide bonds. The Balaban J connectivity index is 1.72. The summed E-state index contributed by atoms with van der Waals surface area (Å²) in [5.41, 5.74) is 1.06. The molecule has 1 aromatic heterocycles. The minimum absolute atomic E-state index is 0.253. The molecule has 0 spiro atoms. The van der Waals surface area contributed by atoms with E-state index in [1.165, 1.54) is 12.1 Å². The van der Waals surface area contributed by atoms with E-state index in [1.54, 1.807) is 6.20 Å². The molecule has 1 fully saturated rings. The summed E-state index contributed by atoms with van der Waals surface area (Å²) in [5, 5.41) is 3.37. The Hall–Kier alpha value is -2.28. The summed E-state index contributed by atoms with van der Waals surface area (Å²) in [6, 6.07) is 9.42. The molecular formula is C17H17F3N4. The highest BCUT2D eigenvalue weighted by Crippen LogP contribution is 2.39. The van der Waals surface area contributed by atoms with Gasteiger partial charge < -0.3 is 15.1 Å². The molecule has 1 unspecified atom stereocenters. The number of benzene rings is 1. The number of piperazine rings is 1. The highest BCUT2D eigenvalue weighted by atomic mass is 19.4. The normalized spacial score (nSPS) is 20.5. The van der Waals surface area contributed by atoms with Crippen LogP contribution in [0, 0.1) is 0 Å². The summed E-state index contributed by atoms with van der Waals surface area (Å²) in [6.07, 6.45) is -2.56. The number of halogens is 3. The summed E-state index contributed by atoms with van der Waals surface area (Å²) < 4.78 is 38.4. The van der Waals surface area contributed by atoms with E-state index in [0.29, 0.717) is 0 Å². The molecule has 3 heterocycles.